The quantitative estimate of drug-likeness (QED) is 0.453. The number of nitrogens with zero attached hydrogens (tertiary/aromatic N) is 5. The number of Topliss-reactive ketones (excluding diaryl/α,β-unsaturated/α-hetero) is 1. The average molecular weight is 444 g/mol. The average Bonchev–Trinajstić information content (AvgIpc) is 3.20. The Kier molecular flexibility index (Phi) is 5.00. The lowest BCUT2D eigenvalue weighted by Gasteiger charge is -2.33. The Bertz CT molecular complexity index is 1500. The molecule has 5 rings (SSSR count). The molecule has 0 saturated carbocycles. The molecule has 4 aromatic rings. The van der Waals surface area contributed by atoms with E-state index in [-0.39, 0.29) is 18.2 Å². The summed E-state index contributed by atoms with van der Waals surface area (Å²) in [4.78, 5) is 46.2. The van der Waals surface area contributed by atoms with Crippen molar-refractivity contribution in [1.29, 1.82) is 0 Å². The van der Waals surface area contributed by atoms with Gasteiger partial charge in [0.1, 0.15) is 0 Å². The number of aromatic nitrogens is 4. The monoisotopic (exact) mass is 443 g/mol. The summed E-state index contributed by atoms with van der Waals surface area (Å²) in [6.07, 6.45) is 0. The molecule has 0 aliphatic carbocycles. The van der Waals surface area contributed by atoms with Crippen LogP contribution in [0, 0.1) is 12.8 Å². The first-order valence-corrected chi connectivity index (χ1v) is 11.0. The van der Waals surface area contributed by atoms with Gasteiger partial charge in [-0.1, -0.05) is 49.4 Å². The van der Waals surface area contributed by atoms with E-state index in [0.717, 1.165) is 22.4 Å². The van der Waals surface area contributed by atoms with Crippen LogP contribution in [0.4, 0.5) is 11.6 Å². The molecule has 0 fully saturated rings. The van der Waals surface area contributed by atoms with Crippen molar-refractivity contribution in [3.05, 3.63) is 86.6 Å². The lowest BCUT2D eigenvalue weighted by Crippen LogP contribution is -2.42. The van der Waals surface area contributed by atoms with Crippen LogP contribution >= 0.6 is 0 Å². The number of anilines is 2. The smallest absolute Gasteiger partial charge is 0.312 e. The molecule has 0 radical (unpaired) electrons. The van der Waals surface area contributed by atoms with E-state index in [1.807, 2.05) is 35.8 Å². The molecule has 8 nitrogen and oxygen atoms in total. The maximum atomic E-state index is 13.5. The SMILES string of the molecule is Cc1cccc(N2C[C@H](C)Cn3c2nc2c3c(=O)n(CC(=O)c3ccccc3)c(=O)n2C)c1. The molecule has 0 amide bonds. The van der Waals surface area contributed by atoms with Crippen LogP contribution in [0.2, 0.25) is 0 Å². The van der Waals surface area contributed by atoms with Crippen molar-refractivity contribution >= 4 is 28.6 Å². The molecule has 0 N–H and O–H groups in total. The minimum atomic E-state index is -0.553. The lowest BCUT2D eigenvalue weighted by molar-refractivity contribution is 0.0969. The summed E-state index contributed by atoms with van der Waals surface area (Å²) in [6.45, 7) is 5.20. The predicted molar refractivity (Wildman–Crippen MR) is 127 cm³/mol. The van der Waals surface area contributed by atoms with Gasteiger partial charge in [-0.3, -0.25) is 18.7 Å². The number of fused-ring (bicyclic) bond motifs is 3. The zero-order valence-electron chi connectivity index (χ0n) is 18.9. The third kappa shape index (κ3) is 3.47. The summed E-state index contributed by atoms with van der Waals surface area (Å²) in [5.41, 5.74) is 2.20. The van der Waals surface area contributed by atoms with Crippen molar-refractivity contribution in [3.8, 4) is 0 Å². The van der Waals surface area contributed by atoms with Crippen molar-refractivity contribution in [3.63, 3.8) is 0 Å². The molecule has 0 spiro atoms. The summed E-state index contributed by atoms with van der Waals surface area (Å²) < 4.78 is 4.26. The number of ketones is 1. The van der Waals surface area contributed by atoms with Crippen LogP contribution in [0.15, 0.2) is 64.2 Å². The molecular formula is C25H25N5O3. The molecule has 3 heterocycles. The Morgan fingerprint density at radius 1 is 1.06 bits per heavy atom. The van der Waals surface area contributed by atoms with Gasteiger partial charge in [-0.2, -0.15) is 4.98 Å². The second kappa shape index (κ2) is 7.88. The standard InChI is InChI=1S/C25H25N5O3/c1-16-8-7-11-19(12-16)28-13-17(2)14-29-21-22(26-24(28)29)27(3)25(33)30(23(21)32)15-20(31)18-9-5-4-6-10-18/h4-12,17H,13-15H2,1-3H3/t17-/m0/s1. The van der Waals surface area contributed by atoms with Gasteiger partial charge < -0.3 is 9.47 Å². The largest absolute Gasteiger partial charge is 0.332 e. The fourth-order valence-electron chi connectivity index (χ4n) is 4.52. The van der Waals surface area contributed by atoms with Gasteiger partial charge in [0, 0.05) is 31.4 Å². The van der Waals surface area contributed by atoms with Crippen molar-refractivity contribution in [2.45, 2.75) is 26.9 Å². The summed E-state index contributed by atoms with van der Waals surface area (Å²) in [6, 6.07) is 16.8. The number of carbonyl (C=O) groups excluding carboxylic acids is 1. The van der Waals surface area contributed by atoms with E-state index in [4.69, 9.17) is 4.98 Å². The third-order valence-electron chi connectivity index (χ3n) is 6.15. The van der Waals surface area contributed by atoms with Gasteiger partial charge in [0.25, 0.3) is 5.56 Å². The Labute approximate surface area is 190 Å². The number of hydrogen-bond donors (Lipinski definition) is 0. The van der Waals surface area contributed by atoms with Crippen LogP contribution in [0.5, 0.6) is 0 Å². The zero-order valence-corrected chi connectivity index (χ0v) is 18.9. The Morgan fingerprint density at radius 3 is 2.55 bits per heavy atom. The van der Waals surface area contributed by atoms with E-state index in [1.54, 1.807) is 31.3 Å². The molecule has 0 bridgehead atoms. The first-order chi connectivity index (χ1) is 15.8. The normalized spacial score (nSPS) is 15.6. The van der Waals surface area contributed by atoms with Crippen molar-refractivity contribution in [2.75, 3.05) is 11.4 Å². The van der Waals surface area contributed by atoms with Crippen LogP contribution in [-0.4, -0.2) is 31.0 Å². The van der Waals surface area contributed by atoms with Crippen LogP contribution in [-0.2, 0) is 20.1 Å². The summed E-state index contributed by atoms with van der Waals surface area (Å²) in [5, 5.41) is 0. The van der Waals surface area contributed by atoms with E-state index in [9.17, 15) is 14.4 Å². The fraction of sp³-hybridized carbons (Fsp3) is 0.280. The zero-order chi connectivity index (χ0) is 23.3. The minimum absolute atomic E-state index is 0.256. The first kappa shape index (κ1) is 20.9. The van der Waals surface area contributed by atoms with Crippen molar-refractivity contribution in [1.82, 2.24) is 18.7 Å². The van der Waals surface area contributed by atoms with Gasteiger partial charge in [-0.25, -0.2) is 4.79 Å². The van der Waals surface area contributed by atoms with E-state index in [1.165, 1.54) is 4.57 Å². The maximum absolute atomic E-state index is 13.5. The molecule has 0 saturated heterocycles. The fourth-order valence-corrected chi connectivity index (χ4v) is 4.52. The Morgan fingerprint density at radius 2 is 1.82 bits per heavy atom. The summed E-state index contributed by atoms with van der Waals surface area (Å²) in [5.74, 6) is 0.599. The molecule has 2 aromatic carbocycles. The highest BCUT2D eigenvalue weighted by atomic mass is 16.2. The van der Waals surface area contributed by atoms with Crippen LogP contribution in [0.3, 0.4) is 0 Å². The van der Waals surface area contributed by atoms with E-state index < -0.39 is 11.2 Å². The molecule has 1 atom stereocenters. The van der Waals surface area contributed by atoms with Gasteiger partial charge in [0.2, 0.25) is 5.95 Å². The number of benzene rings is 2. The van der Waals surface area contributed by atoms with Crippen LogP contribution in [0.1, 0.15) is 22.8 Å². The molecule has 2 aromatic heterocycles. The predicted octanol–water partition coefficient (Wildman–Crippen LogP) is 2.88. The van der Waals surface area contributed by atoms with Crippen LogP contribution < -0.4 is 16.1 Å². The molecule has 0 unspecified atom stereocenters. The number of hydrogen-bond acceptors (Lipinski definition) is 5. The summed E-state index contributed by atoms with van der Waals surface area (Å²) in [7, 11) is 1.59. The van der Waals surface area contributed by atoms with Gasteiger partial charge in [0.15, 0.2) is 16.9 Å². The van der Waals surface area contributed by atoms with Gasteiger partial charge in [-0.15, -0.1) is 0 Å². The van der Waals surface area contributed by atoms with E-state index in [0.29, 0.717) is 29.2 Å². The highest BCUT2D eigenvalue weighted by molar-refractivity contribution is 5.96. The summed E-state index contributed by atoms with van der Waals surface area (Å²) >= 11 is 0. The minimum Gasteiger partial charge on any atom is -0.312 e. The Hall–Kier alpha value is -3.94. The van der Waals surface area contributed by atoms with Crippen LogP contribution in [0.25, 0.3) is 11.2 Å². The molecule has 1 aliphatic rings. The second-order valence-electron chi connectivity index (χ2n) is 8.77. The molecule has 168 valence electrons. The van der Waals surface area contributed by atoms with Crippen molar-refractivity contribution in [2.24, 2.45) is 13.0 Å². The molecule has 33 heavy (non-hydrogen) atoms. The van der Waals surface area contributed by atoms with Crippen molar-refractivity contribution < 1.29 is 4.79 Å². The van der Waals surface area contributed by atoms with E-state index >= 15 is 0 Å². The maximum Gasteiger partial charge on any atom is 0.332 e. The van der Waals surface area contributed by atoms with E-state index in [2.05, 4.69) is 17.9 Å². The van der Waals surface area contributed by atoms with Gasteiger partial charge in [-0.05, 0) is 30.5 Å². The van der Waals surface area contributed by atoms with Gasteiger partial charge in [0.05, 0.1) is 6.54 Å². The Balaban J connectivity index is 1.69. The van der Waals surface area contributed by atoms with Gasteiger partial charge >= 0.3 is 5.69 Å². The first-order valence-electron chi connectivity index (χ1n) is 11.0. The second-order valence-corrected chi connectivity index (χ2v) is 8.77. The third-order valence-corrected chi connectivity index (χ3v) is 6.15. The molecule has 8 heteroatoms. The molecule has 1 aliphatic heterocycles. The number of rotatable bonds is 4. The highest BCUT2D eigenvalue weighted by Gasteiger charge is 2.30. The topological polar surface area (TPSA) is 82.1 Å². The molecular weight excluding hydrogens is 418 g/mol. The number of imidazole rings is 1. The number of carbonyl (C=O) groups is 1. The highest BCUT2D eigenvalue weighted by Crippen LogP contribution is 2.33. The lowest BCUT2D eigenvalue weighted by atomic mass is 10.1. The number of aryl methyl sites for hydroxylation is 2.